The minimum Gasteiger partial charge on any atom is -0.360 e. The average molecular weight is 292 g/mol. The first-order valence-electron chi connectivity index (χ1n) is 7.21. The number of ketones is 1. The number of hydrogen-bond donors (Lipinski definition) is 2. The van der Waals surface area contributed by atoms with Crippen molar-refractivity contribution in [1.29, 1.82) is 0 Å². The molecular formula is C16H24N2OS. The smallest absolute Gasteiger partial charge is 0.170 e. The fourth-order valence-corrected chi connectivity index (χ4v) is 2.27. The lowest BCUT2D eigenvalue weighted by molar-refractivity contribution is 0.101. The number of rotatable bonds is 7. The summed E-state index contributed by atoms with van der Waals surface area (Å²) >= 11 is 5.29. The summed E-state index contributed by atoms with van der Waals surface area (Å²) in [6.07, 6.45) is 4.84. The molecule has 110 valence electrons. The molecule has 0 aliphatic carbocycles. The van der Waals surface area contributed by atoms with Crippen molar-refractivity contribution >= 4 is 28.8 Å². The van der Waals surface area contributed by atoms with Crippen LogP contribution < -0.4 is 10.6 Å². The van der Waals surface area contributed by atoms with Crippen molar-refractivity contribution in [2.24, 2.45) is 0 Å². The zero-order valence-electron chi connectivity index (χ0n) is 12.5. The van der Waals surface area contributed by atoms with Crippen molar-refractivity contribution in [2.75, 3.05) is 5.32 Å². The zero-order chi connectivity index (χ0) is 15.0. The van der Waals surface area contributed by atoms with Crippen molar-refractivity contribution in [3.8, 4) is 0 Å². The minimum absolute atomic E-state index is 0.0711. The molecule has 0 aromatic heterocycles. The van der Waals surface area contributed by atoms with Crippen LogP contribution in [0.1, 0.15) is 56.8 Å². The summed E-state index contributed by atoms with van der Waals surface area (Å²) in [6.45, 7) is 5.91. The third-order valence-corrected chi connectivity index (χ3v) is 3.39. The lowest BCUT2D eigenvalue weighted by atomic mass is 10.1. The molecule has 0 bridgehead atoms. The van der Waals surface area contributed by atoms with Gasteiger partial charge in [0.15, 0.2) is 10.9 Å². The maximum absolute atomic E-state index is 11.2. The van der Waals surface area contributed by atoms with E-state index in [0.29, 0.717) is 16.7 Å². The molecule has 1 aromatic rings. The Morgan fingerprint density at radius 1 is 1.25 bits per heavy atom. The maximum atomic E-state index is 11.2. The van der Waals surface area contributed by atoms with Crippen LogP contribution in [0.2, 0.25) is 0 Å². The van der Waals surface area contributed by atoms with E-state index in [1.165, 1.54) is 19.3 Å². The van der Waals surface area contributed by atoms with Crippen LogP contribution in [0.4, 0.5) is 5.69 Å². The topological polar surface area (TPSA) is 41.1 Å². The molecule has 20 heavy (non-hydrogen) atoms. The van der Waals surface area contributed by atoms with Crippen molar-refractivity contribution in [3.05, 3.63) is 29.8 Å². The standard InChI is InChI=1S/C16H24N2OS/c1-4-5-6-7-12(2)17-16(20)18-15-10-8-14(9-11-15)13(3)19/h8-12H,4-7H2,1-3H3,(H2,17,18,20). The van der Waals surface area contributed by atoms with Gasteiger partial charge in [0.1, 0.15) is 0 Å². The van der Waals surface area contributed by atoms with E-state index >= 15 is 0 Å². The molecule has 1 atom stereocenters. The van der Waals surface area contributed by atoms with Gasteiger partial charge < -0.3 is 10.6 Å². The van der Waals surface area contributed by atoms with Crippen LogP contribution in [-0.2, 0) is 0 Å². The van der Waals surface area contributed by atoms with E-state index < -0.39 is 0 Å². The lowest BCUT2D eigenvalue weighted by Gasteiger charge is -2.17. The van der Waals surface area contributed by atoms with Crippen LogP contribution in [0, 0.1) is 0 Å². The molecule has 0 spiro atoms. The highest BCUT2D eigenvalue weighted by Crippen LogP contribution is 2.10. The molecular weight excluding hydrogens is 268 g/mol. The fourth-order valence-electron chi connectivity index (χ4n) is 1.95. The Morgan fingerprint density at radius 2 is 1.90 bits per heavy atom. The van der Waals surface area contributed by atoms with Crippen molar-refractivity contribution < 1.29 is 4.79 Å². The van der Waals surface area contributed by atoms with Gasteiger partial charge >= 0.3 is 0 Å². The van der Waals surface area contributed by atoms with Gasteiger partial charge in [-0.25, -0.2) is 0 Å². The highest BCUT2D eigenvalue weighted by atomic mass is 32.1. The summed E-state index contributed by atoms with van der Waals surface area (Å²) in [5.74, 6) is 0.0711. The fraction of sp³-hybridized carbons (Fsp3) is 0.500. The predicted molar refractivity (Wildman–Crippen MR) is 89.4 cm³/mol. The van der Waals surface area contributed by atoms with Crippen LogP contribution >= 0.6 is 12.2 Å². The van der Waals surface area contributed by atoms with E-state index in [2.05, 4.69) is 24.5 Å². The number of unbranched alkanes of at least 4 members (excludes halogenated alkanes) is 2. The van der Waals surface area contributed by atoms with Gasteiger partial charge in [0, 0.05) is 17.3 Å². The van der Waals surface area contributed by atoms with Crippen LogP contribution in [0.5, 0.6) is 0 Å². The van der Waals surface area contributed by atoms with Gasteiger partial charge in [0.25, 0.3) is 0 Å². The van der Waals surface area contributed by atoms with Gasteiger partial charge in [-0.15, -0.1) is 0 Å². The van der Waals surface area contributed by atoms with Crippen molar-refractivity contribution in [1.82, 2.24) is 5.32 Å². The molecule has 0 fully saturated rings. The normalized spacial score (nSPS) is 11.8. The minimum atomic E-state index is 0.0711. The van der Waals surface area contributed by atoms with Crippen molar-refractivity contribution in [3.63, 3.8) is 0 Å². The number of benzene rings is 1. The highest BCUT2D eigenvalue weighted by Gasteiger charge is 2.05. The molecule has 0 radical (unpaired) electrons. The number of Topliss-reactive ketones (excluding diaryl/α,β-unsaturated/α-hetero) is 1. The summed E-state index contributed by atoms with van der Waals surface area (Å²) in [5.41, 5.74) is 1.61. The Labute approximate surface area is 127 Å². The lowest BCUT2D eigenvalue weighted by Crippen LogP contribution is -2.35. The molecule has 0 aliphatic heterocycles. The average Bonchev–Trinajstić information content (AvgIpc) is 2.39. The number of carbonyl (C=O) groups is 1. The number of nitrogens with one attached hydrogen (secondary N) is 2. The van der Waals surface area contributed by atoms with Crippen molar-refractivity contribution in [2.45, 2.75) is 52.5 Å². The van der Waals surface area contributed by atoms with Gasteiger partial charge in [-0.2, -0.15) is 0 Å². The van der Waals surface area contributed by atoms with E-state index in [4.69, 9.17) is 12.2 Å². The monoisotopic (exact) mass is 292 g/mol. The molecule has 3 nitrogen and oxygen atoms in total. The first-order valence-corrected chi connectivity index (χ1v) is 7.62. The number of hydrogen-bond acceptors (Lipinski definition) is 2. The number of thiocarbonyl (C=S) groups is 1. The number of anilines is 1. The maximum Gasteiger partial charge on any atom is 0.170 e. The Bertz CT molecular complexity index is 442. The van der Waals surface area contributed by atoms with Crippen LogP contribution in [-0.4, -0.2) is 16.9 Å². The predicted octanol–water partition coefficient (Wildman–Crippen LogP) is 4.14. The van der Waals surface area contributed by atoms with Gasteiger partial charge in [-0.05, 0) is 56.8 Å². The Kier molecular flexibility index (Phi) is 7.23. The van der Waals surface area contributed by atoms with Crippen LogP contribution in [0.15, 0.2) is 24.3 Å². The van der Waals surface area contributed by atoms with Gasteiger partial charge in [-0.3, -0.25) is 4.79 Å². The first kappa shape index (κ1) is 16.6. The Hall–Kier alpha value is -1.42. The third kappa shape index (κ3) is 6.15. The second-order valence-corrected chi connectivity index (χ2v) is 5.54. The Balaban J connectivity index is 2.39. The summed E-state index contributed by atoms with van der Waals surface area (Å²) < 4.78 is 0. The summed E-state index contributed by atoms with van der Waals surface area (Å²) in [4.78, 5) is 11.2. The molecule has 4 heteroatoms. The highest BCUT2D eigenvalue weighted by molar-refractivity contribution is 7.80. The first-order chi connectivity index (χ1) is 9.52. The van der Waals surface area contributed by atoms with Gasteiger partial charge in [0.05, 0.1) is 0 Å². The van der Waals surface area contributed by atoms with Gasteiger partial charge in [-0.1, -0.05) is 26.2 Å². The van der Waals surface area contributed by atoms with Crippen LogP contribution in [0.25, 0.3) is 0 Å². The molecule has 0 aliphatic rings. The zero-order valence-corrected chi connectivity index (χ0v) is 13.3. The second kappa shape index (κ2) is 8.69. The molecule has 1 aromatic carbocycles. The summed E-state index contributed by atoms with van der Waals surface area (Å²) in [7, 11) is 0. The van der Waals surface area contributed by atoms with Gasteiger partial charge in [0.2, 0.25) is 0 Å². The van der Waals surface area contributed by atoms with E-state index in [1.807, 2.05) is 12.1 Å². The molecule has 0 saturated heterocycles. The Morgan fingerprint density at radius 3 is 2.45 bits per heavy atom. The number of carbonyl (C=O) groups excluding carboxylic acids is 1. The molecule has 2 N–H and O–H groups in total. The molecule has 1 unspecified atom stereocenters. The molecule has 0 amide bonds. The van der Waals surface area contributed by atoms with E-state index in [-0.39, 0.29) is 5.78 Å². The second-order valence-electron chi connectivity index (χ2n) is 5.13. The molecule has 0 heterocycles. The molecule has 0 saturated carbocycles. The summed E-state index contributed by atoms with van der Waals surface area (Å²) in [6, 6.07) is 7.72. The van der Waals surface area contributed by atoms with Crippen LogP contribution in [0.3, 0.4) is 0 Å². The third-order valence-electron chi connectivity index (χ3n) is 3.17. The summed E-state index contributed by atoms with van der Waals surface area (Å²) in [5, 5.41) is 7.05. The van der Waals surface area contributed by atoms with E-state index in [9.17, 15) is 4.79 Å². The largest absolute Gasteiger partial charge is 0.360 e. The molecule has 1 rings (SSSR count). The van der Waals surface area contributed by atoms with E-state index in [0.717, 1.165) is 12.1 Å². The SMILES string of the molecule is CCCCCC(C)NC(=S)Nc1ccc(C(C)=O)cc1. The van der Waals surface area contributed by atoms with E-state index in [1.54, 1.807) is 19.1 Å². The quantitative estimate of drug-likeness (QED) is 0.450.